The molecule has 3 rings (SSSR count). The lowest BCUT2D eigenvalue weighted by Gasteiger charge is -2.31. The molecule has 1 aliphatic rings. The van der Waals surface area contributed by atoms with Gasteiger partial charge in [-0.15, -0.1) is 0 Å². The van der Waals surface area contributed by atoms with Crippen molar-refractivity contribution in [3.05, 3.63) is 35.6 Å². The maximum atomic E-state index is 12.2. The molecule has 0 saturated carbocycles. The zero-order chi connectivity index (χ0) is 17.8. The molecular weight excluding hydrogens is 316 g/mol. The smallest absolute Gasteiger partial charge is 0.224 e. The van der Waals surface area contributed by atoms with Crippen molar-refractivity contribution in [2.24, 2.45) is 5.92 Å². The molecule has 2 N–H and O–H groups in total. The third-order valence-electron chi connectivity index (χ3n) is 5.04. The molecule has 1 fully saturated rings. The molecule has 1 aliphatic heterocycles. The minimum Gasteiger partial charge on any atom is -0.464 e. The summed E-state index contributed by atoms with van der Waals surface area (Å²) in [7, 11) is 0. The van der Waals surface area contributed by atoms with Gasteiger partial charge in [-0.05, 0) is 50.4 Å². The first kappa shape index (κ1) is 18.0. The van der Waals surface area contributed by atoms with Crippen molar-refractivity contribution in [1.29, 1.82) is 0 Å². The first-order valence-electron chi connectivity index (χ1n) is 9.15. The van der Waals surface area contributed by atoms with Crippen molar-refractivity contribution in [2.45, 2.75) is 39.2 Å². The number of furan rings is 1. The average molecular weight is 344 g/mol. The highest BCUT2D eigenvalue weighted by molar-refractivity contribution is 5.87. The van der Waals surface area contributed by atoms with Crippen molar-refractivity contribution in [3.63, 3.8) is 0 Å². The largest absolute Gasteiger partial charge is 0.464 e. The third kappa shape index (κ3) is 4.83. The Morgan fingerprint density at radius 2 is 2.16 bits per heavy atom. The molecule has 1 saturated heterocycles. The second kappa shape index (κ2) is 8.02. The number of nitrogens with one attached hydrogen (secondary N) is 1. The Hall–Kier alpha value is -1.85. The number of aryl methyl sites for hydroxylation is 1. The van der Waals surface area contributed by atoms with Crippen molar-refractivity contribution in [3.8, 4) is 0 Å². The number of aliphatic hydroxyl groups excluding tert-OH is 1. The van der Waals surface area contributed by atoms with Gasteiger partial charge in [-0.25, -0.2) is 0 Å². The Kier molecular flexibility index (Phi) is 5.76. The number of β-amino-alcohol motifs (C(OH)–C–C–N with tert-alkyl or cyclic N) is 1. The van der Waals surface area contributed by atoms with E-state index in [-0.39, 0.29) is 12.3 Å². The van der Waals surface area contributed by atoms with Crippen LogP contribution in [0, 0.1) is 12.8 Å². The van der Waals surface area contributed by atoms with Gasteiger partial charge in [-0.2, -0.15) is 0 Å². The van der Waals surface area contributed by atoms with Crippen LogP contribution in [0.15, 0.2) is 28.9 Å². The predicted molar refractivity (Wildman–Crippen MR) is 98.5 cm³/mol. The first-order valence-corrected chi connectivity index (χ1v) is 9.15. The number of fused-ring (bicyclic) bond motifs is 1. The Morgan fingerprint density at radius 3 is 2.92 bits per heavy atom. The summed E-state index contributed by atoms with van der Waals surface area (Å²) in [5, 5.41) is 14.0. The zero-order valence-corrected chi connectivity index (χ0v) is 15.1. The summed E-state index contributed by atoms with van der Waals surface area (Å²) in [6.45, 7) is 7.27. The van der Waals surface area contributed by atoms with Crippen molar-refractivity contribution >= 4 is 16.9 Å². The molecular formula is C20H28N2O3. The molecule has 5 heteroatoms. The van der Waals surface area contributed by atoms with Crippen LogP contribution >= 0.6 is 0 Å². The normalized spacial score (nSPS) is 17.7. The maximum absolute atomic E-state index is 12.2. The van der Waals surface area contributed by atoms with E-state index in [0.717, 1.165) is 41.1 Å². The quantitative estimate of drug-likeness (QED) is 0.845. The molecule has 5 nitrogen and oxygen atoms in total. The molecule has 2 aromatic rings. The lowest BCUT2D eigenvalue weighted by Crippen LogP contribution is -2.43. The molecule has 0 aliphatic carbocycles. The molecule has 1 amide bonds. The van der Waals surface area contributed by atoms with E-state index in [2.05, 4.69) is 17.1 Å². The topological polar surface area (TPSA) is 65.7 Å². The predicted octanol–water partition coefficient (Wildman–Crippen LogP) is 2.49. The number of nitrogens with zero attached hydrogens (tertiary/aromatic N) is 1. The van der Waals surface area contributed by atoms with Gasteiger partial charge in [0.15, 0.2) is 0 Å². The number of likely N-dealkylation sites (tertiary alicyclic amines) is 1. The monoisotopic (exact) mass is 344 g/mol. The number of carbonyl (C=O) groups excluding carboxylic acids is 1. The number of amides is 1. The second-order valence-corrected chi connectivity index (χ2v) is 7.38. The fourth-order valence-electron chi connectivity index (χ4n) is 3.40. The number of rotatable bonds is 6. The fraction of sp³-hybridized carbons (Fsp3) is 0.550. The summed E-state index contributed by atoms with van der Waals surface area (Å²) in [4.78, 5) is 14.5. The summed E-state index contributed by atoms with van der Waals surface area (Å²) in [5.41, 5.74) is 2.82. The number of hydrogen-bond donors (Lipinski definition) is 2. The molecule has 0 spiro atoms. The number of hydrogen-bond acceptors (Lipinski definition) is 4. The van der Waals surface area contributed by atoms with E-state index in [1.54, 1.807) is 6.26 Å². The Bertz CT molecular complexity index is 717. The van der Waals surface area contributed by atoms with Gasteiger partial charge in [-0.1, -0.05) is 19.1 Å². The summed E-state index contributed by atoms with van der Waals surface area (Å²) in [6.07, 6.45) is 3.76. The van der Waals surface area contributed by atoms with Gasteiger partial charge in [-0.3, -0.25) is 4.79 Å². The molecule has 1 aromatic carbocycles. The van der Waals surface area contributed by atoms with Crippen molar-refractivity contribution in [2.75, 3.05) is 26.2 Å². The molecule has 25 heavy (non-hydrogen) atoms. The first-order chi connectivity index (χ1) is 12.0. The highest BCUT2D eigenvalue weighted by atomic mass is 16.3. The van der Waals surface area contributed by atoms with E-state index < -0.39 is 6.10 Å². The van der Waals surface area contributed by atoms with E-state index in [1.165, 1.54) is 12.8 Å². The molecule has 136 valence electrons. The van der Waals surface area contributed by atoms with Crippen molar-refractivity contribution in [1.82, 2.24) is 10.2 Å². The van der Waals surface area contributed by atoms with Gasteiger partial charge < -0.3 is 19.7 Å². The van der Waals surface area contributed by atoms with Gasteiger partial charge in [0.05, 0.1) is 18.8 Å². The second-order valence-electron chi connectivity index (χ2n) is 7.38. The van der Waals surface area contributed by atoms with Crippen LogP contribution in [0.25, 0.3) is 11.0 Å². The molecule has 1 aromatic heterocycles. The SMILES string of the molecule is Cc1ccc2c(CC(=O)NCC(O)CN3CCC(C)CC3)coc2c1. The van der Waals surface area contributed by atoms with Gasteiger partial charge in [0, 0.05) is 24.0 Å². The highest BCUT2D eigenvalue weighted by Crippen LogP contribution is 2.22. The Labute approximate surface area is 149 Å². The van der Waals surface area contributed by atoms with Crippen LogP contribution in [-0.2, 0) is 11.2 Å². The molecule has 2 heterocycles. The lowest BCUT2D eigenvalue weighted by molar-refractivity contribution is -0.120. The summed E-state index contributed by atoms with van der Waals surface area (Å²) in [6, 6.07) is 5.98. The minimum absolute atomic E-state index is 0.0883. The summed E-state index contributed by atoms with van der Waals surface area (Å²) >= 11 is 0. The van der Waals surface area contributed by atoms with E-state index >= 15 is 0 Å². The van der Waals surface area contributed by atoms with Crippen LogP contribution in [0.5, 0.6) is 0 Å². The van der Waals surface area contributed by atoms with Crippen LogP contribution in [0.2, 0.25) is 0 Å². The molecule has 0 bridgehead atoms. The van der Waals surface area contributed by atoms with Crippen LogP contribution in [0.3, 0.4) is 0 Å². The van der Waals surface area contributed by atoms with Crippen LogP contribution < -0.4 is 5.32 Å². The maximum Gasteiger partial charge on any atom is 0.224 e. The van der Waals surface area contributed by atoms with Gasteiger partial charge in [0.2, 0.25) is 5.91 Å². The third-order valence-corrected chi connectivity index (χ3v) is 5.04. The van der Waals surface area contributed by atoms with E-state index in [9.17, 15) is 9.90 Å². The fourth-order valence-corrected chi connectivity index (χ4v) is 3.40. The van der Waals surface area contributed by atoms with E-state index in [4.69, 9.17) is 4.42 Å². The van der Waals surface area contributed by atoms with Gasteiger partial charge in [0.1, 0.15) is 5.58 Å². The number of carbonyl (C=O) groups is 1. The standard InChI is InChI=1S/C20H28N2O3/c1-14-5-7-22(8-6-14)12-17(23)11-21-20(24)10-16-13-25-19-9-15(2)3-4-18(16)19/h3-4,9,13-14,17,23H,5-8,10-12H2,1-2H3,(H,21,24). The lowest BCUT2D eigenvalue weighted by atomic mass is 9.99. The number of piperidine rings is 1. The van der Waals surface area contributed by atoms with E-state index in [1.807, 2.05) is 25.1 Å². The van der Waals surface area contributed by atoms with E-state index in [0.29, 0.717) is 13.1 Å². The molecule has 1 unspecified atom stereocenters. The van der Waals surface area contributed by atoms with Crippen molar-refractivity contribution < 1.29 is 14.3 Å². The highest BCUT2D eigenvalue weighted by Gasteiger charge is 2.19. The number of aliphatic hydroxyl groups is 1. The Morgan fingerprint density at radius 1 is 1.40 bits per heavy atom. The summed E-state index contributed by atoms with van der Waals surface area (Å²) < 4.78 is 5.53. The average Bonchev–Trinajstić information content (AvgIpc) is 2.97. The zero-order valence-electron chi connectivity index (χ0n) is 15.1. The van der Waals surface area contributed by atoms with Gasteiger partial charge >= 0.3 is 0 Å². The van der Waals surface area contributed by atoms with Crippen LogP contribution in [0.4, 0.5) is 0 Å². The van der Waals surface area contributed by atoms with Gasteiger partial charge in [0.25, 0.3) is 0 Å². The minimum atomic E-state index is -0.527. The van der Waals surface area contributed by atoms with Crippen LogP contribution in [0.1, 0.15) is 30.9 Å². The van der Waals surface area contributed by atoms with Crippen LogP contribution in [-0.4, -0.2) is 48.2 Å². The Balaban J connectivity index is 1.45. The summed E-state index contributed by atoms with van der Waals surface area (Å²) in [5.74, 6) is 0.691. The molecule has 1 atom stereocenters. The number of benzene rings is 1. The molecule has 0 radical (unpaired) electrons.